The summed E-state index contributed by atoms with van der Waals surface area (Å²) in [5, 5.41) is 27.8. The van der Waals surface area contributed by atoms with Crippen LogP contribution in [0.1, 0.15) is 44.1 Å². The van der Waals surface area contributed by atoms with Gasteiger partial charge < -0.3 is 9.67 Å². The van der Waals surface area contributed by atoms with Gasteiger partial charge in [0.1, 0.15) is 6.61 Å². The van der Waals surface area contributed by atoms with Crippen LogP contribution in [0, 0.1) is 11.3 Å². The van der Waals surface area contributed by atoms with E-state index in [1.54, 1.807) is 11.8 Å². The van der Waals surface area contributed by atoms with Crippen LogP contribution in [0.5, 0.6) is 0 Å². The highest BCUT2D eigenvalue weighted by Gasteiger charge is 2.23. The summed E-state index contributed by atoms with van der Waals surface area (Å²) in [5.74, 6) is 1.31. The zero-order valence-corrected chi connectivity index (χ0v) is 14.6. The van der Waals surface area contributed by atoms with Crippen molar-refractivity contribution in [2.75, 3.05) is 0 Å². The first-order chi connectivity index (χ1) is 11.0. The number of benzene rings is 1. The molecule has 1 aromatic carbocycles. The second-order valence-corrected chi connectivity index (χ2v) is 6.83. The number of nitrogens with zero attached hydrogens (tertiary/aromatic N) is 4. The van der Waals surface area contributed by atoms with Crippen LogP contribution in [-0.4, -0.2) is 19.9 Å². The van der Waals surface area contributed by atoms with E-state index in [1.807, 2.05) is 36.6 Å². The zero-order valence-electron chi connectivity index (χ0n) is 13.8. The smallest absolute Gasteiger partial charge is 0.191 e. The van der Waals surface area contributed by atoms with Gasteiger partial charge in [0.25, 0.3) is 0 Å². The third-order valence-corrected chi connectivity index (χ3v) is 4.72. The van der Waals surface area contributed by atoms with Crippen LogP contribution in [-0.2, 0) is 24.3 Å². The fraction of sp³-hybridized carbons (Fsp3) is 0.471. The lowest BCUT2D eigenvalue weighted by atomic mass is 9.84. The molecule has 1 aromatic heterocycles. The van der Waals surface area contributed by atoms with Crippen molar-refractivity contribution in [3.05, 3.63) is 41.2 Å². The summed E-state index contributed by atoms with van der Waals surface area (Å²) in [4.78, 5) is 0. The monoisotopic (exact) mass is 330 g/mol. The molecule has 0 fully saturated rings. The molecular formula is C17H22N4OS. The van der Waals surface area contributed by atoms with E-state index in [1.165, 1.54) is 0 Å². The highest BCUT2D eigenvalue weighted by molar-refractivity contribution is 7.98. The van der Waals surface area contributed by atoms with E-state index in [9.17, 15) is 10.4 Å². The van der Waals surface area contributed by atoms with Crippen molar-refractivity contribution in [3.8, 4) is 6.07 Å². The topological polar surface area (TPSA) is 74.7 Å². The van der Waals surface area contributed by atoms with Crippen LogP contribution in [0.2, 0.25) is 0 Å². The van der Waals surface area contributed by atoms with Crippen molar-refractivity contribution < 1.29 is 5.11 Å². The van der Waals surface area contributed by atoms with Gasteiger partial charge in [-0.3, -0.25) is 0 Å². The third-order valence-electron chi connectivity index (χ3n) is 3.71. The summed E-state index contributed by atoms with van der Waals surface area (Å²) < 4.78 is 1.96. The maximum absolute atomic E-state index is 9.40. The quantitative estimate of drug-likeness (QED) is 0.789. The van der Waals surface area contributed by atoms with Gasteiger partial charge in [-0.15, -0.1) is 10.2 Å². The van der Waals surface area contributed by atoms with Crippen molar-refractivity contribution in [3.63, 3.8) is 0 Å². The first-order valence-electron chi connectivity index (χ1n) is 7.68. The SMILES string of the molecule is CCCn1c(CO)nnc1SCc1ccccc1C(C)(C)C#N. The van der Waals surface area contributed by atoms with E-state index in [0.717, 1.165) is 29.2 Å². The summed E-state index contributed by atoms with van der Waals surface area (Å²) in [6, 6.07) is 10.4. The Morgan fingerprint density at radius 1 is 1.30 bits per heavy atom. The number of aliphatic hydroxyl groups is 1. The number of nitriles is 1. The van der Waals surface area contributed by atoms with Crippen LogP contribution in [0.3, 0.4) is 0 Å². The van der Waals surface area contributed by atoms with E-state index in [0.29, 0.717) is 11.6 Å². The van der Waals surface area contributed by atoms with Crippen LogP contribution in [0.25, 0.3) is 0 Å². The van der Waals surface area contributed by atoms with Gasteiger partial charge in [0.05, 0.1) is 11.5 Å². The molecule has 1 heterocycles. The maximum Gasteiger partial charge on any atom is 0.191 e. The number of hydrogen-bond acceptors (Lipinski definition) is 5. The third kappa shape index (κ3) is 3.92. The highest BCUT2D eigenvalue weighted by atomic mass is 32.2. The molecule has 0 atom stereocenters. The average Bonchev–Trinajstić information content (AvgIpc) is 2.95. The molecule has 0 radical (unpaired) electrons. The number of thioether (sulfide) groups is 1. The van der Waals surface area contributed by atoms with Crippen LogP contribution in [0.4, 0.5) is 0 Å². The average molecular weight is 330 g/mol. The molecular weight excluding hydrogens is 308 g/mol. The van der Waals surface area contributed by atoms with Crippen LogP contribution >= 0.6 is 11.8 Å². The molecule has 0 unspecified atom stereocenters. The Hall–Kier alpha value is -1.84. The van der Waals surface area contributed by atoms with E-state index in [4.69, 9.17) is 0 Å². The van der Waals surface area contributed by atoms with Crippen molar-refractivity contribution in [1.29, 1.82) is 5.26 Å². The molecule has 23 heavy (non-hydrogen) atoms. The largest absolute Gasteiger partial charge is 0.388 e. The maximum atomic E-state index is 9.40. The summed E-state index contributed by atoms with van der Waals surface area (Å²) in [5.41, 5.74) is 1.64. The normalized spacial score (nSPS) is 11.4. The van der Waals surface area contributed by atoms with Gasteiger partial charge in [-0.05, 0) is 31.4 Å². The van der Waals surface area contributed by atoms with Gasteiger partial charge in [0.2, 0.25) is 0 Å². The van der Waals surface area contributed by atoms with Gasteiger partial charge in [0.15, 0.2) is 11.0 Å². The molecule has 6 heteroatoms. The van der Waals surface area contributed by atoms with E-state index in [2.05, 4.69) is 29.3 Å². The second kappa shape index (κ2) is 7.62. The Balaban J connectivity index is 2.23. The fourth-order valence-electron chi connectivity index (χ4n) is 2.45. The molecule has 0 bridgehead atoms. The predicted molar refractivity (Wildman–Crippen MR) is 90.9 cm³/mol. The Morgan fingerprint density at radius 3 is 2.70 bits per heavy atom. The highest BCUT2D eigenvalue weighted by Crippen LogP contribution is 2.30. The number of aliphatic hydroxyl groups excluding tert-OH is 1. The van der Waals surface area contributed by atoms with Crippen molar-refractivity contribution in [2.24, 2.45) is 0 Å². The number of hydrogen-bond donors (Lipinski definition) is 1. The number of rotatable bonds is 7. The molecule has 0 saturated heterocycles. The molecule has 0 spiro atoms. The molecule has 2 rings (SSSR count). The zero-order chi connectivity index (χ0) is 16.9. The summed E-state index contributed by atoms with van der Waals surface area (Å²) in [7, 11) is 0. The molecule has 0 amide bonds. The molecule has 2 aromatic rings. The van der Waals surface area contributed by atoms with E-state index < -0.39 is 5.41 Å². The van der Waals surface area contributed by atoms with Crippen LogP contribution in [0.15, 0.2) is 29.4 Å². The summed E-state index contributed by atoms with van der Waals surface area (Å²) in [6.45, 7) is 6.63. The van der Waals surface area contributed by atoms with Gasteiger partial charge in [-0.2, -0.15) is 5.26 Å². The minimum absolute atomic E-state index is 0.106. The van der Waals surface area contributed by atoms with Gasteiger partial charge in [-0.25, -0.2) is 0 Å². The minimum atomic E-state index is -0.523. The minimum Gasteiger partial charge on any atom is -0.388 e. The molecule has 122 valence electrons. The van der Waals surface area contributed by atoms with Crippen molar-refractivity contribution in [1.82, 2.24) is 14.8 Å². The molecule has 1 N–H and O–H groups in total. The number of aromatic nitrogens is 3. The van der Waals surface area contributed by atoms with Gasteiger partial charge in [0, 0.05) is 12.3 Å². The molecule has 0 saturated carbocycles. The first kappa shape index (κ1) is 17.5. The lowest BCUT2D eigenvalue weighted by Crippen LogP contribution is -2.16. The summed E-state index contributed by atoms with van der Waals surface area (Å²) in [6.07, 6.45) is 0.955. The Bertz CT molecular complexity index is 703. The standard InChI is InChI=1S/C17H22N4OS/c1-4-9-21-15(10-22)19-20-16(21)23-11-13-7-5-6-8-14(13)17(2,3)12-18/h5-8,22H,4,9-11H2,1-3H3. The van der Waals surface area contributed by atoms with E-state index in [-0.39, 0.29) is 6.61 Å². The van der Waals surface area contributed by atoms with Crippen molar-refractivity contribution >= 4 is 11.8 Å². The predicted octanol–water partition coefficient (Wildman–Crippen LogP) is 3.27. The molecule has 0 aliphatic heterocycles. The lowest BCUT2D eigenvalue weighted by molar-refractivity contribution is 0.263. The van der Waals surface area contributed by atoms with E-state index >= 15 is 0 Å². The molecule has 0 aliphatic rings. The Morgan fingerprint density at radius 2 is 2.04 bits per heavy atom. The molecule has 0 aliphatic carbocycles. The van der Waals surface area contributed by atoms with Crippen LogP contribution < -0.4 is 0 Å². The fourth-order valence-corrected chi connectivity index (χ4v) is 3.44. The van der Waals surface area contributed by atoms with Crippen molar-refractivity contribution in [2.45, 2.75) is 56.7 Å². The Labute approximate surface area is 141 Å². The molecule has 5 nitrogen and oxygen atoms in total. The summed E-state index contributed by atoms with van der Waals surface area (Å²) >= 11 is 1.59. The van der Waals surface area contributed by atoms with Gasteiger partial charge in [-0.1, -0.05) is 43.0 Å². The first-order valence-corrected chi connectivity index (χ1v) is 8.67. The van der Waals surface area contributed by atoms with Gasteiger partial charge >= 0.3 is 0 Å². The second-order valence-electron chi connectivity index (χ2n) is 5.89. The lowest BCUT2D eigenvalue weighted by Gasteiger charge is -2.19. The Kier molecular flexibility index (Phi) is 5.80.